The van der Waals surface area contributed by atoms with Gasteiger partial charge in [0.1, 0.15) is 28.5 Å². The summed E-state index contributed by atoms with van der Waals surface area (Å²) in [5.74, 6) is 1.30. The molecule has 1 aromatic heterocycles. The molecule has 0 aliphatic heterocycles. The van der Waals surface area contributed by atoms with Crippen molar-refractivity contribution in [1.82, 2.24) is 19.9 Å². The number of rotatable bonds is 7. The van der Waals surface area contributed by atoms with Crippen molar-refractivity contribution in [2.75, 3.05) is 20.8 Å². The topological polar surface area (TPSA) is 106 Å². The number of aromatic amines is 1. The van der Waals surface area contributed by atoms with Gasteiger partial charge in [-0.1, -0.05) is 0 Å². The summed E-state index contributed by atoms with van der Waals surface area (Å²) < 4.78 is 37.2. The predicted octanol–water partition coefficient (Wildman–Crippen LogP) is 0.343. The van der Waals surface area contributed by atoms with Gasteiger partial charge < -0.3 is 9.47 Å². The van der Waals surface area contributed by atoms with Crippen LogP contribution in [0.15, 0.2) is 29.4 Å². The maximum atomic E-state index is 12.3. The van der Waals surface area contributed by atoms with E-state index in [-0.39, 0.29) is 17.2 Å². The third-order valence-electron chi connectivity index (χ3n) is 2.78. The van der Waals surface area contributed by atoms with E-state index in [4.69, 9.17) is 9.47 Å². The molecule has 0 spiro atoms. The predicted molar refractivity (Wildman–Crippen MR) is 74.8 cm³/mol. The van der Waals surface area contributed by atoms with E-state index in [0.29, 0.717) is 18.0 Å². The summed E-state index contributed by atoms with van der Waals surface area (Å²) in [6.45, 7) is 0.192. The van der Waals surface area contributed by atoms with Crippen molar-refractivity contribution in [3.8, 4) is 11.5 Å². The minimum absolute atomic E-state index is 0.0296. The first-order valence-corrected chi connectivity index (χ1v) is 7.61. The molecule has 114 valence electrons. The summed E-state index contributed by atoms with van der Waals surface area (Å²) in [7, 11) is -0.826. The molecule has 0 unspecified atom stereocenters. The van der Waals surface area contributed by atoms with Crippen LogP contribution in [0.2, 0.25) is 0 Å². The van der Waals surface area contributed by atoms with Crippen molar-refractivity contribution < 1.29 is 17.9 Å². The number of ether oxygens (including phenoxy) is 2. The van der Waals surface area contributed by atoms with Gasteiger partial charge in [0, 0.05) is 19.0 Å². The van der Waals surface area contributed by atoms with E-state index in [2.05, 4.69) is 19.9 Å². The third-order valence-corrected chi connectivity index (χ3v) is 4.26. The van der Waals surface area contributed by atoms with Gasteiger partial charge in [0.05, 0.1) is 14.2 Å². The molecule has 0 aliphatic rings. The van der Waals surface area contributed by atoms with Crippen molar-refractivity contribution >= 4 is 10.0 Å². The Balaban J connectivity index is 2.14. The van der Waals surface area contributed by atoms with Gasteiger partial charge in [0.15, 0.2) is 0 Å². The van der Waals surface area contributed by atoms with E-state index in [1.54, 1.807) is 12.1 Å². The Morgan fingerprint density at radius 1 is 1.29 bits per heavy atom. The number of sulfonamides is 1. The van der Waals surface area contributed by atoms with Crippen LogP contribution in [0.5, 0.6) is 11.5 Å². The van der Waals surface area contributed by atoms with Gasteiger partial charge in [0.25, 0.3) is 0 Å². The lowest BCUT2D eigenvalue weighted by Gasteiger charge is -2.11. The molecule has 0 fully saturated rings. The van der Waals surface area contributed by atoms with Crippen LogP contribution in [-0.4, -0.2) is 44.4 Å². The molecule has 0 bridgehead atoms. The second-order valence-corrected chi connectivity index (χ2v) is 5.83. The summed E-state index contributed by atoms with van der Waals surface area (Å²) in [4.78, 5) is 3.95. The second kappa shape index (κ2) is 6.55. The Morgan fingerprint density at radius 2 is 2.10 bits per heavy atom. The molecule has 0 radical (unpaired) electrons. The highest BCUT2D eigenvalue weighted by molar-refractivity contribution is 7.89. The van der Waals surface area contributed by atoms with Crippen molar-refractivity contribution in [2.45, 2.75) is 11.3 Å². The Morgan fingerprint density at radius 3 is 2.71 bits per heavy atom. The zero-order valence-corrected chi connectivity index (χ0v) is 12.5. The molecule has 0 aliphatic carbocycles. The van der Waals surface area contributed by atoms with E-state index in [1.165, 1.54) is 26.6 Å². The van der Waals surface area contributed by atoms with Gasteiger partial charge >= 0.3 is 0 Å². The fourth-order valence-electron chi connectivity index (χ4n) is 1.73. The molecular weight excluding hydrogens is 296 g/mol. The number of nitrogens with one attached hydrogen (secondary N) is 2. The van der Waals surface area contributed by atoms with Crippen molar-refractivity contribution in [1.29, 1.82) is 0 Å². The standard InChI is InChI=1S/C12H16N4O4S/c1-19-9-3-4-10(20-2)11(7-9)21(17,18)15-6-5-12-13-8-14-16-12/h3-4,7-8,15H,5-6H2,1-2H3,(H,13,14,16). The summed E-state index contributed by atoms with van der Waals surface area (Å²) in [5, 5.41) is 6.36. The van der Waals surface area contributed by atoms with E-state index in [0.717, 1.165) is 0 Å². The highest BCUT2D eigenvalue weighted by Crippen LogP contribution is 2.27. The van der Waals surface area contributed by atoms with Crippen LogP contribution in [0.25, 0.3) is 0 Å². The monoisotopic (exact) mass is 312 g/mol. The zero-order chi connectivity index (χ0) is 15.3. The number of hydrogen-bond acceptors (Lipinski definition) is 6. The number of nitrogens with zero attached hydrogens (tertiary/aromatic N) is 2. The number of aromatic nitrogens is 3. The Kier molecular flexibility index (Phi) is 4.76. The van der Waals surface area contributed by atoms with Crippen molar-refractivity contribution in [2.24, 2.45) is 0 Å². The summed E-state index contributed by atoms with van der Waals surface area (Å²) in [6, 6.07) is 4.59. The lowest BCUT2D eigenvalue weighted by Crippen LogP contribution is -2.26. The van der Waals surface area contributed by atoms with E-state index in [1.807, 2.05) is 0 Å². The summed E-state index contributed by atoms with van der Waals surface area (Å²) in [5.41, 5.74) is 0. The fourth-order valence-corrected chi connectivity index (χ4v) is 2.94. The average molecular weight is 312 g/mol. The Labute approximate surface area is 122 Å². The highest BCUT2D eigenvalue weighted by atomic mass is 32.2. The maximum absolute atomic E-state index is 12.3. The largest absolute Gasteiger partial charge is 0.497 e. The normalized spacial score (nSPS) is 11.3. The second-order valence-electron chi connectivity index (χ2n) is 4.10. The molecule has 0 saturated carbocycles. The van der Waals surface area contributed by atoms with Crippen LogP contribution in [-0.2, 0) is 16.4 Å². The molecule has 8 nitrogen and oxygen atoms in total. The van der Waals surface area contributed by atoms with E-state index in [9.17, 15) is 8.42 Å². The fraction of sp³-hybridized carbons (Fsp3) is 0.333. The molecule has 1 aromatic carbocycles. The lowest BCUT2D eigenvalue weighted by molar-refractivity contribution is 0.392. The van der Waals surface area contributed by atoms with Crippen LogP contribution >= 0.6 is 0 Å². The van der Waals surface area contributed by atoms with Crippen LogP contribution in [0, 0.1) is 0 Å². The first kappa shape index (κ1) is 15.3. The first-order chi connectivity index (χ1) is 10.1. The zero-order valence-electron chi connectivity index (χ0n) is 11.7. The molecule has 0 amide bonds. The average Bonchev–Trinajstić information content (AvgIpc) is 2.99. The van der Waals surface area contributed by atoms with Gasteiger partial charge in [-0.3, -0.25) is 5.10 Å². The van der Waals surface area contributed by atoms with Crippen LogP contribution in [0.3, 0.4) is 0 Å². The number of benzene rings is 1. The van der Waals surface area contributed by atoms with Crippen molar-refractivity contribution in [3.05, 3.63) is 30.4 Å². The molecular formula is C12H16N4O4S. The molecule has 2 N–H and O–H groups in total. The van der Waals surface area contributed by atoms with Crippen LogP contribution in [0.4, 0.5) is 0 Å². The van der Waals surface area contributed by atoms with Crippen LogP contribution < -0.4 is 14.2 Å². The number of H-pyrrole nitrogens is 1. The molecule has 9 heteroatoms. The lowest BCUT2D eigenvalue weighted by atomic mass is 10.3. The van der Waals surface area contributed by atoms with Crippen molar-refractivity contribution in [3.63, 3.8) is 0 Å². The molecule has 2 rings (SSSR count). The van der Waals surface area contributed by atoms with Gasteiger partial charge in [-0.15, -0.1) is 0 Å². The molecule has 2 aromatic rings. The Bertz CT molecular complexity index is 685. The number of methoxy groups -OCH3 is 2. The number of hydrogen-bond donors (Lipinski definition) is 2. The summed E-state index contributed by atoms with van der Waals surface area (Å²) >= 11 is 0. The Hall–Kier alpha value is -2.13. The molecule has 0 saturated heterocycles. The van der Waals surface area contributed by atoms with E-state index >= 15 is 0 Å². The molecule has 21 heavy (non-hydrogen) atoms. The SMILES string of the molecule is COc1ccc(OC)c(S(=O)(=O)NCCc2ncn[nH]2)c1. The summed E-state index contributed by atoms with van der Waals surface area (Å²) in [6.07, 6.45) is 1.78. The highest BCUT2D eigenvalue weighted by Gasteiger charge is 2.20. The quantitative estimate of drug-likeness (QED) is 0.764. The van der Waals surface area contributed by atoms with Gasteiger partial charge in [-0.25, -0.2) is 18.1 Å². The third kappa shape index (κ3) is 3.70. The molecule has 0 atom stereocenters. The maximum Gasteiger partial charge on any atom is 0.244 e. The smallest absolute Gasteiger partial charge is 0.244 e. The minimum Gasteiger partial charge on any atom is -0.497 e. The van der Waals surface area contributed by atoms with Gasteiger partial charge in [-0.2, -0.15) is 5.10 Å². The van der Waals surface area contributed by atoms with E-state index < -0.39 is 10.0 Å². The van der Waals surface area contributed by atoms with Gasteiger partial charge in [-0.05, 0) is 12.1 Å². The molecule has 1 heterocycles. The van der Waals surface area contributed by atoms with Crippen LogP contribution in [0.1, 0.15) is 5.82 Å². The van der Waals surface area contributed by atoms with Gasteiger partial charge in [0.2, 0.25) is 10.0 Å². The first-order valence-electron chi connectivity index (χ1n) is 6.13. The minimum atomic E-state index is -3.71.